The number of rotatable bonds is 10. The molecule has 1 saturated heterocycles. The van der Waals surface area contributed by atoms with Crippen LogP contribution in [0.2, 0.25) is 10.0 Å². The quantitative estimate of drug-likeness (QED) is 0.207. The Morgan fingerprint density at radius 2 is 1.68 bits per heavy atom. The van der Waals surface area contributed by atoms with Crippen molar-refractivity contribution in [1.82, 2.24) is 15.5 Å². The smallest absolute Gasteiger partial charge is 0.252 e. The highest BCUT2D eigenvalue weighted by molar-refractivity contribution is 6.36. The number of carbonyl (C=O) groups excluding carboxylic acids is 2. The molecular formula is C31H36Cl2N6O2. The summed E-state index contributed by atoms with van der Waals surface area (Å²) in [6.45, 7) is 3.22. The van der Waals surface area contributed by atoms with E-state index in [1.54, 1.807) is 12.1 Å². The van der Waals surface area contributed by atoms with Gasteiger partial charge in [0.2, 0.25) is 5.91 Å². The van der Waals surface area contributed by atoms with Crippen LogP contribution in [0.25, 0.3) is 0 Å². The van der Waals surface area contributed by atoms with Crippen molar-refractivity contribution in [1.29, 1.82) is 0 Å². The second kappa shape index (κ2) is 14.3. The van der Waals surface area contributed by atoms with Gasteiger partial charge in [0, 0.05) is 36.6 Å². The number of nitrogens with zero attached hydrogens (tertiary/aromatic N) is 2. The van der Waals surface area contributed by atoms with Crippen LogP contribution in [0, 0.1) is 0 Å². The third-order valence-corrected chi connectivity index (χ3v) is 7.90. The van der Waals surface area contributed by atoms with Crippen molar-refractivity contribution in [2.24, 2.45) is 16.5 Å². The average Bonchev–Trinajstić information content (AvgIpc) is 3.12. The molecule has 3 aromatic carbocycles. The lowest BCUT2D eigenvalue weighted by Crippen LogP contribution is -2.54. The summed E-state index contributed by atoms with van der Waals surface area (Å²) >= 11 is 12.2. The number of nitrogens with one attached hydrogen (secondary N) is 2. The summed E-state index contributed by atoms with van der Waals surface area (Å²) in [5.74, 6) is -0.486. The van der Waals surface area contributed by atoms with Crippen molar-refractivity contribution in [3.8, 4) is 0 Å². The second-order valence-corrected chi connectivity index (χ2v) is 11.0. The van der Waals surface area contributed by atoms with E-state index in [1.807, 2.05) is 48.2 Å². The molecule has 0 spiro atoms. The van der Waals surface area contributed by atoms with Gasteiger partial charge in [-0.1, -0.05) is 90.8 Å². The van der Waals surface area contributed by atoms with E-state index in [9.17, 15) is 9.59 Å². The minimum absolute atomic E-state index is 0.0199. The SMILES string of the molecule is CCC(N=C(N)N)[C@@H]1N[C@H](CNC(=O)c2ccc(Cl)cc2Cl)CCN(CC(c2ccccc2)c2ccccc2)C1=O. The number of benzene rings is 3. The maximum absolute atomic E-state index is 14.1. The molecule has 1 aliphatic rings. The molecule has 0 aromatic heterocycles. The molecule has 0 radical (unpaired) electrons. The van der Waals surface area contributed by atoms with E-state index >= 15 is 0 Å². The Morgan fingerprint density at radius 3 is 2.24 bits per heavy atom. The zero-order chi connectivity index (χ0) is 29.4. The summed E-state index contributed by atoms with van der Waals surface area (Å²) in [4.78, 5) is 33.3. The first-order valence-corrected chi connectivity index (χ1v) is 14.5. The van der Waals surface area contributed by atoms with E-state index in [0.717, 1.165) is 11.1 Å². The minimum atomic E-state index is -0.669. The molecule has 3 aromatic rings. The highest BCUT2D eigenvalue weighted by Crippen LogP contribution is 2.27. The van der Waals surface area contributed by atoms with Gasteiger partial charge in [-0.15, -0.1) is 0 Å². The Kier molecular flexibility index (Phi) is 10.6. The first-order valence-electron chi connectivity index (χ1n) is 13.7. The minimum Gasteiger partial charge on any atom is -0.370 e. The maximum Gasteiger partial charge on any atom is 0.252 e. The van der Waals surface area contributed by atoms with E-state index in [4.69, 9.17) is 34.7 Å². The molecule has 1 aliphatic heterocycles. The molecule has 1 heterocycles. The van der Waals surface area contributed by atoms with Gasteiger partial charge in [-0.25, -0.2) is 4.99 Å². The lowest BCUT2D eigenvalue weighted by molar-refractivity contribution is -0.133. The summed E-state index contributed by atoms with van der Waals surface area (Å²) in [5, 5.41) is 7.14. The molecule has 4 rings (SSSR count). The van der Waals surface area contributed by atoms with E-state index in [0.29, 0.717) is 36.5 Å². The van der Waals surface area contributed by atoms with Crippen LogP contribution in [0.3, 0.4) is 0 Å². The highest BCUT2D eigenvalue weighted by Gasteiger charge is 2.37. The maximum atomic E-state index is 14.1. The van der Waals surface area contributed by atoms with E-state index in [-0.39, 0.29) is 41.3 Å². The van der Waals surface area contributed by atoms with Crippen molar-refractivity contribution < 1.29 is 9.59 Å². The number of guanidine groups is 1. The van der Waals surface area contributed by atoms with E-state index in [2.05, 4.69) is 39.9 Å². The molecular weight excluding hydrogens is 559 g/mol. The Labute approximate surface area is 251 Å². The lowest BCUT2D eigenvalue weighted by atomic mass is 9.90. The van der Waals surface area contributed by atoms with Gasteiger partial charge in [-0.3, -0.25) is 14.9 Å². The van der Waals surface area contributed by atoms with Crippen molar-refractivity contribution >= 4 is 41.0 Å². The number of nitrogens with two attached hydrogens (primary N) is 2. The third kappa shape index (κ3) is 8.00. The van der Waals surface area contributed by atoms with Gasteiger partial charge in [0.15, 0.2) is 5.96 Å². The van der Waals surface area contributed by atoms with Crippen LogP contribution in [0.15, 0.2) is 83.9 Å². The Morgan fingerprint density at radius 1 is 1.05 bits per heavy atom. The molecule has 0 bridgehead atoms. The molecule has 2 amide bonds. The summed E-state index contributed by atoms with van der Waals surface area (Å²) in [6.07, 6.45) is 1.17. The second-order valence-electron chi connectivity index (χ2n) is 10.2. The van der Waals surface area contributed by atoms with Gasteiger partial charge in [0.05, 0.1) is 16.6 Å². The Balaban J connectivity index is 1.58. The van der Waals surface area contributed by atoms with E-state index < -0.39 is 12.1 Å². The molecule has 8 nitrogen and oxygen atoms in total. The molecule has 0 aliphatic carbocycles. The van der Waals surface area contributed by atoms with Crippen LogP contribution in [0.5, 0.6) is 0 Å². The number of carbonyl (C=O) groups is 2. The van der Waals surface area contributed by atoms with E-state index in [1.165, 1.54) is 6.07 Å². The molecule has 1 fully saturated rings. The summed E-state index contributed by atoms with van der Waals surface area (Å²) < 4.78 is 0. The Hall–Kier alpha value is -3.59. The fraction of sp³-hybridized carbons (Fsp3) is 0.323. The number of aliphatic imine (C=N–C) groups is 1. The molecule has 0 saturated carbocycles. The van der Waals surface area contributed by atoms with Crippen LogP contribution in [-0.4, -0.2) is 60.4 Å². The van der Waals surface area contributed by atoms with Crippen molar-refractivity contribution in [2.45, 2.75) is 43.8 Å². The zero-order valence-electron chi connectivity index (χ0n) is 23.0. The molecule has 41 heavy (non-hydrogen) atoms. The molecule has 3 atom stereocenters. The van der Waals surface area contributed by atoms with Crippen LogP contribution < -0.4 is 22.1 Å². The van der Waals surface area contributed by atoms with Gasteiger partial charge in [-0.2, -0.15) is 0 Å². The van der Waals surface area contributed by atoms with Crippen molar-refractivity contribution in [3.63, 3.8) is 0 Å². The summed E-state index contributed by atoms with van der Waals surface area (Å²) in [6, 6.07) is 23.8. The molecule has 1 unspecified atom stereocenters. The number of amides is 2. The molecule has 6 N–H and O–H groups in total. The van der Waals surface area contributed by atoms with Crippen LogP contribution in [-0.2, 0) is 4.79 Å². The van der Waals surface area contributed by atoms with Gasteiger partial charge >= 0.3 is 0 Å². The fourth-order valence-corrected chi connectivity index (χ4v) is 5.71. The number of halogens is 2. The zero-order valence-corrected chi connectivity index (χ0v) is 24.5. The summed E-state index contributed by atoms with van der Waals surface area (Å²) in [5.41, 5.74) is 14.1. The number of hydrogen-bond acceptors (Lipinski definition) is 4. The number of hydrogen-bond donors (Lipinski definition) is 4. The topological polar surface area (TPSA) is 126 Å². The summed E-state index contributed by atoms with van der Waals surface area (Å²) in [7, 11) is 0. The average molecular weight is 596 g/mol. The molecule has 10 heteroatoms. The van der Waals surface area contributed by atoms with Crippen molar-refractivity contribution in [2.75, 3.05) is 19.6 Å². The Bertz CT molecular complexity index is 1310. The monoisotopic (exact) mass is 594 g/mol. The van der Waals surface area contributed by atoms with Gasteiger partial charge in [0.1, 0.15) is 6.04 Å². The normalized spacial score (nSPS) is 18.0. The van der Waals surface area contributed by atoms with Gasteiger partial charge in [-0.05, 0) is 42.2 Å². The third-order valence-electron chi connectivity index (χ3n) is 7.35. The first-order chi connectivity index (χ1) is 19.8. The van der Waals surface area contributed by atoms with Crippen LogP contribution in [0.1, 0.15) is 47.2 Å². The van der Waals surface area contributed by atoms with Gasteiger partial charge < -0.3 is 21.7 Å². The highest BCUT2D eigenvalue weighted by atomic mass is 35.5. The largest absolute Gasteiger partial charge is 0.370 e. The molecule has 216 valence electrons. The fourth-order valence-electron chi connectivity index (χ4n) is 5.22. The standard InChI is InChI=1S/C31H36Cl2N6O2/c1-2-27(38-31(34)35)28-30(41)39(19-25(20-9-5-3-6-10-20)21-11-7-4-8-12-21)16-15-23(37-28)18-36-29(40)24-14-13-22(32)17-26(24)33/h3-14,17,23,25,27-28,37H,2,15-16,18-19H2,1H3,(H,36,40)(H4,34,35,38)/t23-,27?,28-/m0/s1. The predicted molar refractivity (Wildman–Crippen MR) is 165 cm³/mol. The van der Waals surface area contributed by atoms with Crippen LogP contribution >= 0.6 is 23.2 Å². The lowest BCUT2D eigenvalue weighted by Gasteiger charge is -2.31. The van der Waals surface area contributed by atoms with Crippen molar-refractivity contribution in [3.05, 3.63) is 106 Å². The first kappa shape index (κ1) is 30.4. The van der Waals surface area contributed by atoms with Crippen LogP contribution in [0.4, 0.5) is 0 Å². The predicted octanol–water partition coefficient (Wildman–Crippen LogP) is 4.17. The van der Waals surface area contributed by atoms with Gasteiger partial charge in [0.25, 0.3) is 5.91 Å².